The molecule has 0 aliphatic heterocycles. The van der Waals surface area contributed by atoms with Crippen molar-refractivity contribution < 1.29 is 23.9 Å². The zero-order chi connectivity index (χ0) is 34.2. The first kappa shape index (κ1) is 35.1. The minimum Gasteiger partial charge on any atom is -0.465 e. The number of carbonyl (C=O) groups is 4. The van der Waals surface area contributed by atoms with Gasteiger partial charge in [-0.1, -0.05) is 66.2 Å². The van der Waals surface area contributed by atoms with E-state index < -0.39 is 23.0 Å². The number of hydrogen-bond acceptors (Lipinski definition) is 7. The Kier molecular flexibility index (Phi) is 11.9. The zero-order valence-electron chi connectivity index (χ0n) is 26.8. The second-order valence-electron chi connectivity index (χ2n) is 11.5. The molecule has 0 spiro atoms. The normalized spacial score (nSPS) is 14.8. The lowest BCUT2D eigenvalue weighted by Gasteiger charge is -2.18. The number of fused-ring (bicyclic) bond motifs is 1. The molecule has 1 heterocycles. The molecule has 0 radical (unpaired) electrons. The third-order valence-corrected chi connectivity index (χ3v) is 10.9. The number of anilines is 2. The van der Waals surface area contributed by atoms with E-state index >= 15 is 0 Å². The van der Waals surface area contributed by atoms with Gasteiger partial charge in [-0.3, -0.25) is 14.4 Å². The van der Waals surface area contributed by atoms with E-state index in [9.17, 15) is 19.2 Å². The number of carbonyl (C=O) groups excluding carboxylic acids is 4. The summed E-state index contributed by atoms with van der Waals surface area (Å²) in [4.78, 5) is 54.8. The van der Waals surface area contributed by atoms with Gasteiger partial charge in [0, 0.05) is 25.5 Å². The van der Waals surface area contributed by atoms with Gasteiger partial charge >= 0.3 is 5.97 Å². The third-order valence-electron chi connectivity index (χ3n) is 7.88. The molecule has 3 amide bonds. The average molecular weight is 747 g/mol. The highest BCUT2D eigenvalue weighted by atomic mass is 79.9. The second-order valence-corrected chi connectivity index (χ2v) is 14.8. The topological polar surface area (TPSA) is 114 Å². The maximum Gasteiger partial charge on any atom is 0.341 e. The fourth-order valence-corrected chi connectivity index (χ4v) is 8.03. The molecule has 0 saturated heterocycles. The van der Waals surface area contributed by atoms with Crippen LogP contribution in [0, 0.1) is 5.92 Å². The van der Waals surface area contributed by atoms with Gasteiger partial charge in [-0.05, 0) is 91.3 Å². The first-order chi connectivity index (χ1) is 23.1. The van der Waals surface area contributed by atoms with Crippen LogP contribution in [0.2, 0.25) is 0 Å². The summed E-state index contributed by atoms with van der Waals surface area (Å²) in [6, 6.07) is 23.3. The Hall–Kier alpha value is -4.19. The highest BCUT2D eigenvalue weighted by molar-refractivity contribution is 9.10. The molecule has 248 valence electrons. The minimum absolute atomic E-state index is 0.0736. The van der Waals surface area contributed by atoms with E-state index in [1.807, 2.05) is 43.3 Å². The Morgan fingerprint density at radius 2 is 1.77 bits per heavy atom. The Morgan fingerprint density at radius 1 is 1.02 bits per heavy atom. The smallest absolute Gasteiger partial charge is 0.341 e. The van der Waals surface area contributed by atoms with Crippen molar-refractivity contribution in [3.05, 3.63) is 116 Å². The van der Waals surface area contributed by atoms with Crippen molar-refractivity contribution in [3.63, 3.8) is 0 Å². The summed E-state index contributed by atoms with van der Waals surface area (Å²) in [5, 5.41) is 8.75. The lowest BCUT2D eigenvalue weighted by Crippen LogP contribution is -2.30. The number of amides is 3. The van der Waals surface area contributed by atoms with Gasteiger partial charge in [0.1, 0.15) is 10.7 Å². The van der Waals surface area contributed by atoms with Crippen molar-refractivity contribution in [3.8, 4) is 0 Å². The highest BCUT2D eigenvalue weighted by Gasteiger charge is 2.30. The second kappa shape index (κ2) is 16.3. The van der Waals surface area contributed by atoms with Crippen LogP contribution in [0.4, 0.5) is 10.7 Å². The molecular weight excluding hydrogens is 710 g/mol. The standard InChI is InChI=1S/C37H36BrN3O5S2/c1-4-30(35(44)41-36-32(37(45)46-3)28-18-13-22(2)19-31(28)48-36)47-27-12-8-11-26(21-27)39-34(43)29(20-23-14-16-25(38)17-15-23)40-33(42)24-9-6-5-7-10-24/h5-12,14-17,20-22,30H,4,13,18-19H2,1-3H3,(H,39,43)(H,40,42)(H,41,44)/b29-20+. The fraction of sp³-hybridized carbons (Fsp3) is 0.243. The van der Waals surface area contributed by atoms with E-state index in [1.54, 1.807) is 48.5 Å². The summed E-state index contributed by atoms with van der Waals surface area (Å²) in [6.45, 7) is 4.12. The van der Waals surface area contributed by atoms with Crippen LogP contribution in [-0.4, -0.2) is 36.1 Å². The molecule has 8 nitrogen and oxygen atoms in total. The van der Waals surface area contributed by atoms with Crippen molar-refractivity contribution in [2.24, 2.45) is 5.92 Å². The number of thiophene rings is 1. The summed E-state index contributed by atoms with van der Waals surface area (Å²) in [5.41, 5.74) is 3.18. The average Bonchev–Trinajstić information content (AvgIpc) is 3.44. The maximum absolute atomic E-state index is 13.6. The number of ether oxygens (including phenoxy) is 1. The molecule has 48 heavy (non-hydrogen) atoms. The van der Waals surface area contributed by atoms with Crippen molar-refractivity contribution in [2.75, 3.05) is 17.7 Å². The summed E-state index contributed by atoms with van der Waals surface area (Å²) in [5.74, 6) is -1.04. The lowest BCUT2D eigenvalue weighted by molar-refractivity contribution is -0.116. The van der Waals surface area contributed by atoms with Gasteiger partial charge in [0.15, 0.2) is 0 Å². The maximum atomic E-state index is 13.6. The molecule has 1 aromatic heterocycles. The molecule has 0 bridgehead atoms. The molecule has 5 rings (SSSR count). The molecule has 4 aromatic rings. The van der Waals surface area contributed by atoms with Crippen molar-refractivity contribution in [2.45, 2.75) is 49.7 Å². The van der Waals surface area contributed by atoms with Gasteiger partial charge in [0.2, 0.25) is 5.91 Å². The largest absolute Gasteiger partial charge is 0.465 e. The molecular formula is C37H36BrN3O5S2. The van der Waals surface area contributed by atoms with Crippen LogP contribution >= 0.6 is 39.0 Å². The van der Waals surface area contributed by atoms with E-state index in [1.165, 1.54) is 30.2 Å². The van der Waals surface area contributed by atoms with E-state index in [0.717, 1.165) is 44.6 Å². The van der Waals surface area contributed by atoms with E-state index in [4.69, 9.17) is 4.74 Å². The number of hydrogen-bond donors (Lipinski definition) is 3. The van der Waals surface area contributed by atoms with Gasteiger partial charge in [-0.25, -0.2) is 4.79 Å². The summed E-state index contributed by atoms with van der Waals surface area (Å²) >= 11 is 6.25. The highest BCUT2D eigenvalue weighted by Crippen LogP contribution is 2.40. The Balaban J connectivity index is 1.31. The molecule has 2 atom stereocenters. The van der Waals surface area contributed by atoms with E-state index in [2.05, 4.69) is 38.8 Å². The van der Waals surface area contributed by atoms with Crippen molar-refractivity contribution in [1.82, 2.24) is 5.32 Å². The number of benzene rings is 3. The molecule has 1 aliphatic carbocycles. The van der Waals surface area contributed by atoms with Gasteiger partial charge < -0.3 is 20.7 Å². The number of esters is 1. The van der Waals surface area contributed by atoms with E-state index in [0.29, 0.717) is 34.2 Å². The molecule has 0 saturated carbocycles. The molecule has 3 aromatic carbocycles. The minimum atomic E-state index is -0.500. The third kappa shape index (κ3) is 8.83. The molecule has 1 aliphatic rings. The monoisotopic (exact) mass is 745 g/mol. The summed E-state index contributed by atoms with van der Waals surface area (Å²) in [6.07, 6.45) is 4.80. The van der Waals surface area contributed by atoms with Gasteiger partial charge in [0.25, 0.3) is 11.8 Å². The Bertz CT molecular complexity index is 1840. The molecule has 0 fully saturated rings. The predicted molar refractivity (Wildman–Crippen MR) is 197 cm³/mol. The number of rotatable bonds is 11. The van der Waals surface area contributed by atoms with Crippen LogP contribution in [0.5, 0.6) is 0 Å². The van der Waals surface area contributed by atoms with Gasteiger partial charge in [0.05, 0.1) is 17.9 Å². The van der Waals surface area contributed by atoms with Crippen LogP contribution in [0.25, 0.3) is 6.08 Å². The van der Waals surface area contributed by atoms with Crippen molar-refractivity contribution >= 4 is 79.5 Å². The van der Waals surface area contributed by atoms with E-state index in [-0.39, 0.29) is 11.6 Å². The molecule has 11 heteroatoms. The van der Waals surface area contributed by atoms with Crippen LogP contribution in [0.1, 0.15) is 63.4 Å². The first-order valence-corrected chi connectivity index (χ1v) is 18.1. The number of nitrogens with one attached hydrogen (secondary N) is 3. The van der Waals surface area contributed by atoms with Crippen LogP contribution in [0.3, 0.4) is 0 Å². The fourth-order valence-electron chi connectivity index (χ4n) is 5.35. The number of thioether (sulfide) groups is 1. The molecule has 3 N–H and O–H groups in total. The Labute approximate surface area is 296 Å². The lowest BCUT2D eigenvalue weighted by atomic mass is 9.88. The first-order valence-electron chi connectivity index (χ1n) is 15.6. The molecule has 2 unspecified atom stereocenters. The van der Waals surface area contributed by atoms with Crippen LogP contribution < -0.4 is 16.0 Å². The van der Waals surface area contributed by atoms with Crippen LogP contribution in [0.15, 0.2) is 93.9 Å². The van der Waals surface area contributed by atoms with Gasteiger partial charge in [-0.2, -0.15) is 0 Å². The SMILES string of the molecule is CCC(Sc1cccc(NC(=O)/C(=C\c2ccc(Br)cc2)NC(=O)c2ccccc2)c1)C(=O)Nc1sc2c(c1C(=O)OC)CCC(C)C2. The quantitative estimate of drug-likeness (QED) is 0.0809. The zero-order valence-corrected chi connectivity index (χ0v) is 30.0. The Morgan fingerprint density at radius 3 is 2.48 bits per heavy atom. The van der Waals surface area contributed by atoms with Crippen LogP contribution in [-0.2, 0) is 27.2 Å². The van der Waals surface area contributed by atoms with Gasteiger partial charge in [-0.15, -0.1) is 23.1 Å². The predicted octanol–water partition coefficient (Wildman–Crippen LogP) is 8.34. The summed E-state index contributed by atoms with van der Waals surface area (Å²) < 4.78 is 5.97. The number of halogens is 1. The summed E-state index contributed by atoms with van der Waals surface area (Å²) in [7, 11) is 1.36. The number of methoxy groups -OCH3 is 1. The van der Waals surface area contributed by atoms with Crippen molar-refractivity contribution in [1.29, 1.82) is 0 Å².